The van der Waals surface area contributed by atoms with Crippen molar-refractivity contribution in [2.45, 2.75) is 25.6 Å². The molecule has 1 N–H and O–H groups in total. The molecule has 1 atom stereocenters. The molecule has 0 amide bonds. The third-order valence-electron chi connectivity index (χ3n) is 3.34. The fraction of sp³-hybridized carbons (Fsp3) is 0.333. The van der Waals surface area contributed by atoms with Crippen molar-refractivity contribution in [2.24, 2.45) is 0 Å². The van der Waals surface area contributed by atoms with Crippen LogP contribution in [0.25, 0.3) is 0 Å². The molecule has 1 heterocycles. The summed E-state index contributed by atoms with van der Waals surface area (Å²) in [6.07, 6.45) is -2.07. The van der Waals surface area contributed by atoms with Crippen LogP contribution in [-0.4, -0.2) is 7.05 Å². The van der Waals surface area contributed by atoms with Gasteiger partial charge in [-0.05, 0) is 44.2 Å². The van der Waals surface area contributed by atoms with Gasteiger partial charge < -0.3 is 9.73 Å². The van der Waals surface area contributed by atoms with E-state index < -0.39 is 11.7 Å². The number of rotatable bonds is 4. The van der Waals surface area contributed by atoms with Crippen LogP contribution in [0.2, 0.25) is 0 Å². The van der Waals surface area contributed by atoms with Gasteiger partial charge >= 0.3 is 6.18 Å². The Kier molecular flexibility index (Phi) is 4.18. The van der Waals surface area contributed by atoms with Gasteiger partial charge in [-0.15, -0.1) is 0 Å². The molecule has 0 spiro atoms. The number of halogens is 3. The second-order valence-corrected chi connectivity index (χ2v) is 4.67. The Morgan fingerprint density at radius 3 is 2.25 bits per heavy atom. The zero-order chi connectivity index (χ0) is 14.8. The fourth-order valence-corrected chi connectivity index (χ4v) is 2.19. The first-order chi connectivity index (χ1) is 9.41. The molecule has 2 aromatic rings. The second-order valence-electron chi connectivity index (χ2n) is 4.67. The van der Waals surface area contributed by atoms with E-state index in [4.69, 9.17) is 4.42 Å². The Bertz CT molecular complexity index is 557. The lowest BCUT2D eigenvalue weighted by Crippen LogP contribution is -2.19. The molecule has 5 heteroatoms. The number of hydrogen-bond acceptors (Lipinski definition) is 2. The highest BCUT2D eigenvalue weighted by Crippen LogP contribution is 2.30. The van der Waals surface area contributed by atoms with Gasteiger partial charge in [-0.25, -0.2) is 0 Å². The molecule has 0 radical (unpaired) electrons. The van der Waals surface area contributed by atoms with Gasteiger partial charge in [0.05, 0.1) is 11.8 Å². The van der Waals surface area contributed by atoms with Crippen molar-refractivity contribution in [1.82, 2.24) is 5.32 Å². The van der Waals surface area contributed by atoms with E-state index in [2.05, 4.69) is 5.32 Å². The Morgan fingerprint density at radius 1 is 1.15 bits per heavy atom. The van der Waals surface area contributed by atoms with Crippen LogP contribution in [0.3, 0.4) is 0 Å². The maximum atomic E-state index is 12.5. The predicted molar refractivity (Wildman–Crippen MR) is 70.4 cm³/mol. The van der Waals surface area contributed by atoms with E-state index >= 15 is 0 Å². The number of nitrogens with one attached hydrogen (secondary N) is 1. The molecule has 20 heavy (non-hydrogen) atoms. The van der Waals surface area contributed by atoms with Crippen molar-refractivity contribution in [3.8, 4) is 0 Å². The molecule has 1 aromatic carbocycles. The highest BCUT2D eigenvalue weighted by molar-refractivity contribution is 5.28. The zero-order valence-corrected chi connectivity index (χ0v) is 11.3. The summed E-state index contributed by atoms with van der Waals surface area (Å²) in [5, 5.41) is 3.16. The first kappa shape index (κ1) is 14.7. The monoisotopic (exact) mass is 283 g/mol. The van der Waals surface area contributed by atoms with Gasteiger partial charge in [0, 0.05) is 11.6 Å². The van der Waals surface area contributed by atoms with Crippen molar-refractivity contribution in [2.75, 3.05) is 7.05 Å². The Labute approximate surface area is 115 Å². The Hall–Kier alpha value is -1.75. The number of furan rings is 1. The molecule has 0 fully saturated rings. The van der Waals surface area contributed by atoms with Gasteiger partial charge in [0.15, 0.2) is 0 Å². The van der Waals surface area contributed by atoms with E-state index in [0.717, 1.165) is 29.0 Å². The van der Waals surface area contributed by atoms with Crippen LogP contribution in [0.4, 0.5) is 13.2 Å². The lowest BCUT2D eigenvalue weighted by atomic mass is 9.98. The molecule has 1 unspecified atom stereocenters. The lowest BCUT2D eigenvalue weighted by molar-refractivity contribution is -0.137. The van der Waals surface area contributed by atoms with Crippen LogP contribution in [0.5, 0.6) is 0 Å². The molecule has 2 nitrogen and oxygen atoms in total. The molecule has 0 aliphatic rings. The van der Waals surface area contributed by atoms with Gasteiger partial charge in [-0.3, -0.25) is 0 Å². The number of likely N-dealkylation sites (N-methyl/N-ethyl adjacent to an activating group) is 1. The average Bonchev–Trinajstić information content (AvgIpc) is 2.82. The van der Waals surface area contributed by atoms with Crippen molar-refractivity contribution in [3.63, 3.8) is 0 Å². The summed E-state index contributed by atoms with van der Waals surface area (Å²) in [7, 11) is 1.82. The summed E-state index contributed by atoms with van der Waals surface area (Å²) < 4.78 is 42.8. The lowest BCUT2D eigenvalue weighted by Gasteiger charge is -2.16. The van der Waals surface area contributed by atoms with E-state index in [-0.39, 0.29) is 6.04 Å². The first-order valence-corrected chi connectivity index (χ1v) is 6.29. The molecule has 2 rings (SSSR count). The third kappa shape index (κ3) is 3.22. The zero-order valence-electron chi connectivity index (χ0n) is 11.3. The van der Waals surface area contributed by atoms with Gasteiger partial charge in [0.2, 0.25) is 0 Å². The normalized spacial score (nSPS) is 13.4. The van der Waals surface area contributed by atoms with Crippen molar-refractivity contribution >= 4 is 0 Å². The highest BCUT2D eigenvalue weighted by Gasteiger charge is 2.30. The number of aryl methyl sites for hydroxylation is 1. The smallest absolute Gasteiger partial charge is 0.416 e. The van der Waals surface area contributed by atoms with E-state index in [1.54, 1.807) is 6.26 Å². The van der Waals surface area contributed by atoms with Crippen LogP contribution < -0.4 is 5.32 Å². The van der Waals surface area contributed by atoms with Gasteiger partial charge in [0.25, 0.3) is 0 Å². The Balaban J connectivity index is 2.15. The molecule has 0 aliphatic carbocycles. The standard InChI is InChI=1S/C15H16F3NO/c1-10-13(7-8-20-10)14(19-2)9-11-3-5-12(6-4-11)15(16,17)18/h3-8,14,19H,9H2,1-2H3. The summed E-state index contributed by atoms with van der Waals surface area (Å²) in [5.74, 6) is 0.816. The van der Waals surface area contributed by atoms with E-state index in [9.17, 15) is 13.2 Å². The number of benzene rings is 1. The molecule has 0 bridgehead atoms. The summed E-state index contributed by atoms with van der Waals surface area (Å²) in [5.41, 5.74) is 1.24. The minimum Gasteiger partial charge on any atom is -0.469 e. The summed E-state index contributed by atoms with van der Waals surface area (Å²) in [6, 6.07) is 7.16. The summed E-state index contributed by atoms with van der Waals surface area (Å²) in [6.45, 7) is 1.87. The maximum absolute atomic E-state index is 12.5. The third-order valence-corrected chi connectivity index (χ3v) is 3.34. The second kappa shape index (κ2) is 5.71. The van der Waals surface area contributed by atoms with Crippen LogP contribution in [0.1, 0.15) is 28.5 Å². The molecule has 0 saturated carbocycles. The average molecular weight is 283 g/mol. The largest absolute Gasteiger partial charge is 0.469 e. The molecule has 108 valence electrons. The molecule has 0 aliphatic heterocycles. The molecule has 1 aromatic heterocycles. The quantitative estimate of drug-likeness (QED) is 0.913. The highest BCUT2D eigenvalue weighted by atomic mass is 19.4. The predicted octanol–water partition coefficient (Wildman–Crippen LogP) is 4.11. The van der Waals surface area contributed by atoms with Gasteiger partial charge in [-0.1, -0.05) is 12.1 Å². The number of hydrogen-bond donors (Lipinski definition) is 1. The maximum Gasteiger partial charge on any atom is 0.416 e. The van der Waals surface area contributed by atoms with Gasteiger partial charge in [0.1, 0.15) is 5.76 Å². The number of alkyl halides is 3. The van der Waals surface area contributed by atoms with Crippen LogP contribution in [0.15, 0.2) is 41.0 Å². The minimum absolute atomic E-state index is 0.0190. The van der Waals surface area contributed by atoms with Crippen LogP contribution in [0, 0.1) is 6.92 Å². The van der Waals surface area contributed by atoms with Crippen molar-refractivity contribution in [1.29, 1.82) is 0 Å². The summed E-state index contributed by atoms with van der Waals surface area (Å²) >= 11 is 0. The van der Waals surface area contributed by atoms with Crippen molar-refractivity contribution < 1.29 is 17.6 Å². The molecular weight excluding hydrogens is 267 g/mol. The minimum atomic E-state index is -4.29. The first-order valence-electron chi connectivity index (χ1n) is 6.29. The van der Waals surface area contributed by atoms with Crippen LogP contribution >= 0.6 is 0 Å². The van der Waals surface area contributed by atoms with E-state index in [0.29, 0.717) is 6.42 Å². The fourth-order valence-electron chi connectivity index (χ4n) is 2.19. The van der Waals surface area contributed by atoms with Gasteiger partial charge in [-0.2, -0.15) is 13.2 Å². The Morgan fingerprint density at radius 2 is 1.80 bits per heavy atom. The summed E-state index contributed by atoms with van der Waals surface area (Å²) in [4.78, 5) is 0. The topological polar surface area (TPSA) is 25.2 Å². The molecule has 0 saturated heterocycles. The van der Waals surface area contributed by atoms with E-state index in [1.807, 2.05) is 20.0 Å². The van der Waals surface area contributed by atoms with E-state index in [1.165, 1.54) is 12.1 Å². The SMILES string of the molecule is CNC(Cc1ccc(C(F)(F)F)cc1)c1ccoc1C. The van der Waals surface area contributed by atoms with Crippen molar-refractivity contribution in [3.05, 3.63) is 59.0 Å². The van der Waals surface area contributed by atoms with Crippen LogP contribution in [-0.2, 0) is 12.6 Å². The molecular formula is C15H16F3NO.